The van der Waals surface area contributed by atoms with E-state index in [0.29, 0.717) is 5.75 Å². The van der Waals surface area contributed by atoms with Crippen molar-refractivity contribution in [3.8, 4) is 17.2 Å². The third-order valence-electron chi connectivity index (χ3n) is 2.96. The number of phenols is 2. The molecule has 0 aliphatic carbocycles. The number of nitrogens with one attached hydrogen (secondary N) is 1. The lowest BCUT2D eigenvalue weighted by Gasteiger charge is -2.16. The van der Waals surface area contributed by atoms with E-state index >= 15 is 0 Å². The van der Waals surface area contributed by atoms with Gasteiger partial charge in [0.15, 0.2) is 11.5 Å². The Hall–Kier alpha value is -2.36. The summed E-state index contributed by atoms with van der Waals surface area (Å²) in [5, 5.41) is 22.2. The summed E-state index contributed by atoms with van der Waals surface area (Å²) in [7, 11) is 1.52. The molecular weight excluding hydrogens is 242 g/mol. The van der Waals surface area contributed by atoms with E-state index in [2.05, 4.69) is 5.32 Å². The quantitative estimate of drug-likeness (QED) is 0.788. The molecule has 0 saturated heterocycles. The fourth-order valence-electron chi connectivity index (χ4n) is 1.88. The molecule has 0 spiro atoms. The Kier molecular flexibility index (Phi) is 3.80. The van der Waals surface area contributed by atoms with Crippen LogP contribution in [0.15, 0.2) is 42.5 Å². The highest BCUT2D eigenvalue weighted by Gasteiger charge is 2.07. The normalized spacial score (nSPS) is 11.9. The van der Waals surface area contributed by atoms with Crippen molar-refractivity contribution in [2.75, 3.05) is 12.4 Å². The zero-order valence-corrected chi connectivity index (χ0v) is 10.9. The SMILES string of the molecule is COc1ccc(NC(C)c2ccc(O)cc2)cc1O. The molecule has 3 N–H and O–H groups in total. The molecule has 100 valence electrons. The lowest BCUT2D eigenvalue weighted by molar-refractivity contribution is 0.373. The van der Waals surface area contributed by atoms with Gasteiger partial charge in [0.2, 0.25) is 0 Å². The summed E-state index contributed by atoms with van der Waals surface area (Å²) >= 11 is 0. The topological polar surface area (TPSA) is 61.7 Å². The number of methoxy groups -OCH3 is 1. The molecule has 0 radical (unpaired) electrons. The largest absolute Gasteiger partial charge is 0.508 e. The number of anilines is 1. The molecule has 0 heterocycles. The van der Waals surface area contributed by atoms with Crippen LogP contribution in [-0.4, -0.2) is 17.3 Å². The van der Waals surface area contributed by atoms with E-state index in [1.165, 1.54) is 7.11 Å². The second-order valence-corrected chi connectivity index (χ2v) is 4.34. The number of hydrogen-bond donors (Lipinski definition) is 3. The third kappa shape index (κ3) is 3.10. The first kappa shape index (κ1) is 13.1. The van der Waals surface area contributed by atoms with Crippen LogP contribution in [0.3, 0.4) is 0 Å². The second kappa shape index (κ2) is 5.52. The first-order valence-electron chi connectivity index (χ1n) is 6.02. The van der Waals surface area contributed by atoms with Gasteiger partial charge in [-0.05, 0) is 36.8 Å². The third-order valence-corrected chi connectivity index (χ3v) is 2.96. The Labute approximate surface area is 112 Å². The van der Waals surface area contributed by atoms with Crippen LogP contribution >= 0.6 is 0 Å². The van der Waals surface area contributed by atoms with Crippen molar-refractivity contribution in [1.29, 1.82) is 0 Å². The van der Waals surface area contributed by atoms with E-state index < -0.39 is 0 Å². The van der Waals surface area contributed by atoms with E-state index in [1.54, 1.807) is 24.3 Å². The average Bonchev–Trinajstić information content (AvgIpc) is 2.39. The van der Waals surface area contributed by atoms with Crippen LogP contribution in [-0.2, 0) is 0 Å². The van der Waals surface area contributed by atoms with Gasteiger partial charge >= 0.3 is 0 Å². The Morgan fingerprint density at radius 3 is 2.32 bits per heavy atom. The molecule has 2 aromatic rings. The summed E-state index contributed by atoms with van der Waals surface area (Å²) < 4.78 is 5.00. The predicted octanol–water partition coefficient (Wildman–Crippen LogP) is 3.28. The summed E-state index contributed by atoms with van der Waals surface area (Å²) in [4.78, 5) is 0. The van der Waals surface area contributed by atoms with Crippen molar-refractivity contribution < 1.29 is 14.9 Å². The van der Waals surface area contributed by atoms with Crippen molar-refractivity contribution in [2.24, 2.45) is 0 Å². The van der Waals surface area contributed by atoms with Gasteiger partial charge < -0.3 is 20.3 Å². The van der Waals surface area contributed by atoms with Crippen LogP contribution in [0.2, 0.25) is 0 Å². The van der Waals surface area contributed by atoms with Crippen molar-refractivity contribution in [3.05, 3.63) is 48.0 Å². The van der Waals surface area contributed by atoms with Gasteiger partial charge in [-0.1, -0.05) is 12.1 Å². The van der Waals surface area contributed by atoms with Crippen molar-refractivity contribution >= 4 is 5.69 Å². The minimum absolute atomic E-state index is 0.0633. The van der Waals surface area contributed by atoms with Gasteiger partial charge in [-0.25, -0.2) is 0 Å². The van der Waals surface area contributed by atoms with Gasteiger partial charge in [-0.15, -0.1) is 0 Å². The van der Waals surface area contributed by atoms with Gasteiger partial charge in [0, 0.05) is 17.8 Å². The van der Waals surface area contributed by atoms with E-state index in [9.17, 15) is 10.2 Å². The van der Waals surface area contributed by atoms with Gasteiger partial charge in [0.25, 0.3) is 0 Å². The van der Waals surface area contributed by atoms with Crippen molar-refractivity contribution in [2.45, 2.75) is 13.0 Å². The minimum atomic E-state index is 0.0633. The van der Waals surface area contributed by atoms with Gasteiger partial charge in [-0.2, -0.15) is 0 Å². The molecule has 19 heavy (non-hydrogen) atoms. The number of rotatable bonds is 4. The molecule has 2 aromatic carbocycles. The van der Waals surface area contributed by atoms with Crippen molar-refractivity contribution in [3.63, 3.8) is 0 Å². The summed E-state index contributed by atoms with van der Waals surface area (Å²) in [6.45, 7) is 2.01. The predicted molar refractivity (Wildman–Crippen MR) is 74.8 cm³/mol. The summed E-state index contributed by atoms with van der Waals surface area (Å²) in [5.41, 5.74) is 1.85. The average molecular weight is 259 g/mol. The molecular formula is C15H17NO3. The molecule has 0 amide bonds. The van der Waals surface area contributed by atoms with Gasteiger partial charge in [-0.3, -0.25) is 0 Å². The molecule has 0 bridgehead atoms. The van der Waals surface area contributed by atoms with Crippen molar-refractivity contribution in [1.82, 2.24) is 0 Å². The Morgan fingerprint density at radius 1 is 1.05 bits per heavy atom. The number of phenolic OH excluding ortho intramolecular Hbond substituents is 2. The van der Waals surface area contributed by atoms with Crippen LogP contribution in [0.5, 0.6) is 17.2 Å². The molecule has 0 fully saturated rings. The highest BCUT2D eigenvalue weighted by Crippen LogP contribution is 2.30. The smallest absolute Gasteiger partial charge is 0.160 e. The molecule has 0 aliphatic heterocycles. The number of aromatic hydroxyl groups is 2. The van der Waals surface area contributed by atoms with Crippen LogP contribution < -0.4 is 10.1 Å². The maximum Gasteiger partial charge on any atom is 0.160 e. The molecule has 4 nitrogen and oxygen atoms in total. The number of hydrogen-bond acceptors (Lipinski definition) is 4. The lowest BCUT2D eigenvalue weighted by Crippen LogP contribution is -2.06. The Balaban J connectivity index is 2.12. The fourth-order valence-corrected chi connectivity index (χ4v) is 1.88. The monoisotopic (exact) mass is 259 g/mol. The summed E-state index contributed by atoms with van der Waals surface area (Å²) in [5.74, 6) is 0.797. The van der Waals surface area contributed by atoms with E-state index in [4.69, 9.17) is 4.74 Å². The summed E-state index contributed by atoms with van der Waals surface area (Å²) in [6, 6.07) is 12.3. The molecule has 1 unspecified atom stereocenters. The van der Waals surface area contributed by atoms with Crippen LogP contribution in [0.1, 0.15) is 18.5 Å². The van der Waals surface area contributed by atoms with E-state index in [-0.39, 0.29) is 17.5 Å². The van der Waals surface area contributed by atoms with Crippen LogP contribution in [0, 0.1) is 0 Å². The Bertz CT molecular complexity index is 552. The molecule has 0 aromatic heterocycles. The molecule has 1 atom stereocenters. The number of ether oxygens (including phenoxy) is 1. The molecule has 2 rings (SSSR count). The highest BCUT2D eigenvalue weighted by molar-refractivity contribution is 5.55. The second-order valence-electron chi connectivity index (χ2n) is 4.34. The highest BCUT2D eigenvalue weighted by atomic mass is 16.5. The van der Waals surface area contributed by atoms with E-state index in [1.807, 2.05) is 25.1 Å². The van der Waals surface area contributed by atoms with Gasteiger partial charge in [0.1, 0.15) is 5.75 Å². The fraction of sp³-hybridized carbons (Fsp3) is 0.200. The molecule has 0 saturated carbocycles. The molecule has 4 heteroatoms. The molecule has 0 aliphatic rings. The maximum atomic E-state index is 9.71. The zero-order valence-electron chi connectivity index (χ0n) is 10.9. The first-order valence-corrected chi connectivity index (χ1v) is 6.02. The summed E-state index contributed by atoms with van der Waals surface area (Å²) in [6.07, 6.45) is 0. The maximum absolute atomic E-state index is 9.71. The first-order chi connectivity index (χ1) is 9.10. The Morgan fingerprint density at radius 2 is 1.74 bits per heavy atom. The zero-order chi connectivity index (χ0) is 13.8. The van der Waals surface area contributed by atoms with Crippen LogP contribution in [0.25, 0.3) is 0 Å². The lowest BCUT2D eigenvalue weighted by atomic mass is 10.1. The van der Waals surface area contributed by atoms with Gasteiger partial charge in [0.05, 0.1) is 7.11 Å². The van der Waals surface area contributed by atoms with E-state index in [0.717, 1.165) is 11.3 Å². The number of benzene rings is 2. The van der Waals surface area contributed by atoms with Crippen LogP contribution in [0.4, 0.5) is 5.69 Å². The minimum Gasteiger partial charge on any atom is -0.508 e. The standard InChI is InChI=1S/C15H17NO3/c1-10(11-3-6-13(17)7-4-11)16-12-5-8-15(19-2)14(18)9-12/h3-10,16-18H,1-2H3.